The van der Waals surface area contributed by atoms with Crippen LogP contribution in [-0.2, 0) is 0 Å². The Balaban J connectivity index is 2.86. The van der Waals surface area contributed by atoms with Crippen molar-refractivity contribution in [1.29, 1.82) is 0 Å². The molecule has 60 valence electrons. The first-order chi connectivity index (χ1) is 5.24. The van der Waals surface area contributed by atoms with E-state index >= 15 is 0 Å². The highest BCUT2D eigenvalue weighted by atomic mass is 16.3. The van der Waals surface area contributed by atoms with Crippen molar-refractivity contribution < 1.29 is 5.11 Å². The second-order valence-corrected chi connectivity index (χ2v) is 2.58. The quantitative estimate of drug-likeness (QED) is 0.644. The molecular formula is C8H12N2O. The minimum atomic E-state index is -0.303. The van der Waals surface area contributed by atoms with Crippen molar-refractivity contribution >= 4 is 0 Å². The van der Waals surface area contributed by atoms with Gasteiger partial charge in [0.15, 0.2) is 0 Å². The maximum Gasteiger partial charge on any atom is 0.0624 e. The number of nitrogens with two attached hydrogens (primary N) is 1. The van der Waals surface area contributed by atoms with Crippen LogP contribution >= 0.6 is 0 Å². The molecule has 0 radical (unpaired) electrons. The van der Waals surface area contributed by atoms with Crippen molar-refractivity contribution in [2.24, 2.45) is 5.73 Å². The maximum atomic E-state index is 8.73. The Labute approximate surface area is 65.9 Å². The molecule has 1 heterocycles. The van der Waals surface area contributed by atoms with E-state index in [1.165, 1.54) is 0 Å². The van der Waals surface area contributed by atoms with E-state index in [9.17, 15) is 0 Å². The molecule has 3 N–H and O–H groups in total. The standard InChI is InChI=1S/C8H12N2O/c1-6-2-7(4-10-3-6)8(9)5-11/h2-4,8,11H,5,9H2,1H3/t8-/m0/s1. The number of hydrogen-bond donors (Lipinski definition) is 2. The van der Waals surface area contributed by atoms with E-state index in [1.54, 1.807) is 12.4 Å². The summed E-state index contributed by atoms with van der Waals surface area (Å²) in [5, 5.41) is 8.73. The molecule has 0 saturated heterocycles. The molecule has 1 aromatic rings. The Hall–Kier alpha value is -0.930. The minimum absolute atomic E-state index is 0.0366. The first kappa shape index (κ1) is 8.17. The number of aliphatic hydroxyl groups excluding tert-OH is 1. The smallest absolute Gasteiger partial charge is 0.0624 e. The number of rotatable bonds is 2. The van der Waals surface area contributed by atoms with Crippen LogP contribution in [0.25, 0.3) is 0 Å². The second-order valence-electron chi connectivity index (χ2n) is 2.58. The van der Waals surface area contributed by atoms with E-state index in [1.807, 2.05) is 13.0 Å². The van der Waals surface area contributed by atoms with E-state index < -0.39 is 0 Å². The van der Waals surface area contributed by atoms with E-state index in [0.717, 1.165) is 11.1 Å². The molecule has 1 aromatic heterocycles. The highest BCUT2D eigenvalue weighted by molar-refractivity contribution is 5.19. The summed E-state index contributed by atoms with van der Waals surface area (Å²) in [6.45, 7) is 1.91. The van der Waals surface area contributed by atoms with E-state index in [4.69, 9.17) is 10.8 Å². The fourth-order valence-electron chi connectivity index (χ4n) is 0.887. The molecule has 3 nitrogen and oxygen atoms in total. The Morgan fingerprint density at radius 1 is 1.64 bits per heavy atom. The van der Waals surface area contributed by atoms with Crippen molar-refractivity contribution in [3.8, 4) is 0 Å². The molecule has 0 aliphatic heterocycles. The monoisotopic (exact) mass is 152 g/mol. The van der Waals surface area contributed by atoms with Gasteiger partial charge in [-0.15, -0.1) is 0 Å². The number of hydrogen-bond acceptors (Lipinski definition) is 3. The van der Waals surface area contributed by atoms with Crippen molar-refractivity contribution in [2.45, 2.75) is 13.0 Å². The predicted octanol–water partition coefficient (Wildman–Crippen LogP) is 0.382. The van der Waals surface area contributed by atoms with Gasteiger partial charge in [0.1, 0.15) is 0 Å². The second kappa shape index (κ2) is 3.46. The fraction of sp³-hybridized carbons (Fsp3) is 0.375. The Bertz CT molecular complexity index is 237. The van der Waals surface area contributed by atoms with Crippen LogP contribution < -0.4 is 5.73 Å². The lowest BCUT2D eigenvalue weighted by atomic mass is 10.1. The zero-order valence-corrected chi connectivity index (χ0v) is 6.49. The third-order valence-corrected chi connectivity index (χ3v) is 1.52. The third-order valence-electron chi connectivity index (χ3n) is 1.52. The predicted molar refractivity (Wildman–Crippen MR) is 43.0 cm³/mol. The molecule has 3 heteroatoms. The van der Waals surface area contributed by atoms with Crippen LogP contribution in [0.3, 0.4) is 0 Å². The average molecular weight is 152 g/mol. The van der Waals surface area contributed by atoms with Crippen LogP contribution in [0.4, 0.5) is 0 Å². The lowest BCUT2D eigenvalue weighted by Crippen LogP contribution is -2.14. The van der Waals surface area contributed by atoms with Gasteiger partial charge in [0, 0.05) is 12.4 Å². The number of pyridine rings is 1. The van der Waals surface area contributed by atoms with Gasteiger partial charge in [-0.05, 0) is 18.1 Å². The highest BCUT2D eigenvalue weighted by Crippen LogP contribution is 2.08. The van der Waals surface area contributed by atoms with Gasteiger partial charge in [0.2, 0.25) is 0 Å². The molecular weight excluding hydrogens is 140 g/mol. The third kappa shape index (κ3) is 2.00. The lowest BCUT2D eigenvalue weighted by molar-refractivity contribution is 0.268. The van der Waals surface area contributed by atoms with Gasteiger partial charge in [-0.2, -0.15) is 0 Å². The zero-order chi connectivity index (χ0) is 8.27. The molecule has 0 unspecified atom stereocenters. The summed E-state index contributed by atoms with van der Waals surface area (Å²) in [7, 11) is 0. The molecule has 0 aliphatic rings. The average Bonchev–Trinajstić information content (AvgIpc) is 2.03. The van der Waals surface area contributed by atoms with Crippen molar-refractivity contribution in [2.75, 3.05) is 6.61 Å². The van der Waals surface area contributed by atoms with E-state index in [0.29, 0.717) is 0 Å². The van der Waals surface area contributed by atoms with Crippen LogP contribution in [-0.4, -0.2) is 16.7 Å². The summed E-state index contributed by atoms with van der Waals surface area (Å²) in [5.74, 6) is 0. The van der Waals surface area contributed by atoms with Gasteiger partial charge in [0.25, 0.3) is 0 Å². The first-order valence-corrected chi connectivity index (χ1v) is 3.52. The molecule has 0 bridgehead atoms. The maximum absolute atomic E-state index is 8.73. The molecule has 0 spiro atoms. The molecule has 0 amide bonds. The fourth-order valence-corrected chi connectivity index (χ4v) is 0.887. The van der Waals surface area contributed by atoms with Crippen molar-refractivity contribution in [3.05, 3.63) is 29.6 Å². The van der Waals surface area contributed by atoms with E-state index in [-0.39, 0.29) is 12.6 Å². The molecule has 0 aromatic carbocycles. The summed E-state index contributed by atoms with van der Waals surface area (Å²) in [6, 6.07) is 1.62. The summed E-state index contributed by atoms with van der Waals surface area (Å²) < 4.78 is 0. The van der Waals surface area contributed by atoms with Gasteiger partial charge in [-0.1, -0.05) is 6.07 Å². The minimum Gasteiger partial charge on any atom is -0.394 e. The summed E-state index contributed by atoms with van der Waals surface area (Å²) in [6.07, 6.45) is 3.43. The topological polar surface area (TPSA) is 59.1 Å². The van der Waals surface area contributed by atoms with Gasteiger partial charge in [-0.3, -0.25) is 4.98 Å². The van der Waals surface area contributed by atoms with Crippen LogP contribution in [0.2, 0.25) is 0 Å². The Morgan fingerprint density at radius 2 is 2.36 bits per heavy atom. The SMILES string of the molecule is Cc1cncc([C@@H](N)CO)c1. The number of aryl methyl sites for hydroxylation is 1. The Morgan fingerprint density at radius 3 is 2.91 bits per heavy atom. The normalized spacial score (nSPS) is 13.0. The van der Waals surface area contributed by atoms with Gasteiger partial charge >= 0.3 is 0 Å². The van der Waals surface area contributed by atoms with Gasteiger partial charge < -0.3 is 10.8 Å². The zero-order valence-electron chi connectivity index (χ0n) is 6.49. The molecule has 0 fully saturated rings. The van der Waals surface area contributed by atoms with Crippen molar-refractivity contribution in [3.63, 3.8) is 0 Å². The molecule has 0 aliphatic carbocycles. The van der Waals surface area contributed by atoms with Crippen molar-refractivity contribution in [1.82, 2.24) is 4.98 Å². The molecule has 1 rings (SSSR count). The summed E-state index contributed by atoms with van der Waals surface area (Å²) in [5.41, 5.74) is 7.52. The Kier molecular flexibility index (Phi) is 2.57. The van der Waals surface area contributed by atoms with Crippen LogP contribution in [0.5, 0.6) is 0 Å². The highest BCUT2D eigenvalue weighted by Gasteiger charge is 2.03. The molecule has 11 heavy (non-hydrogen) atoms. The van der Waals surface area contributed by atoms with Crippen LogP contribution in [0.15, 0.2) is 18.5 Å². The first-order valence-electron chi connectivity index (χ1n) is 3.52. The summed E-state index contributed by atoms with van der Waals surface area (Å²) >= 11 is 0. The van der Waals surface area contributed by atoms with Gasteiger partial charge in [-0.25, -0.2) is 0 Å². The molecule has 1 atom stereocenters. The summed E-state index contributed by atoms with van der Waals surface area (Å²) in [4.78, 5) is 3.96. The lowest BCUT2D eigenvalue weighted by Gasteiger charge is -2.07. The number of aromatic nitrogens is 1. The van der Waals surface area contributed by atoms with Crippen LogP contribution in [0, 0.1) is 6.92 Å². The molecule has 0 saturated carbocycles. The number of nitrogens with zero attached hydrogens (tertiary/aromatic N) is 1. The van der Waals surface area contributed by atoms with E-state index in [2.05, 4.69) is 4.98 Å². The van der Waals surface area contributed by atoms with Crippen LogP contribution in [0.1, 0.15) is 17.2 Å². The van der Waals surface area contributed by atoms with Gasteiger partial charge in [0.05, 0.1) is 12.6 Å². The number of aliphatic hydroxyl groups is 1. The largest absolute Gasteiger partial charge is 0.394 e.